The summed E-state index contributed by atoms with van der Waals surface area (Å²) in [5.74, 6) is -0.665. The Labute approximate surface area is 193 Å². The molecule has 1 aromatic heterocycles. The molecule has 0 aliphatic carbocycles. The van der Waals surface area contributed by atoms with E-state index >= 15 is 0 Å². The number of aromatic nitrogens is 1. The number of nitrogens with zero attached hydrogens (tertiary/aromatic N) is 3. The van der Waals surface area contributed by atoms with Crippen LogP contribution in [0.5, 0.6) is 0 Å². The molecule has 32 heavy (non-hydrogen) atoms. The summed E-state index contributed by atoms with van der Waals surface area (Å²) in [6.45, 7) is 0.684. The standard InChI is InChI=1S/C20H20ClN3O6S2/c1-30-11-10-23-17-13-15(24(26)27)6-9-18(17)31-20(23)22-19(25)3-2-12-32(28,29)16-7-4-14(21)5-8-16/h4-9,13H,2-3,10-12H2,1H3. The van der Waals surface area contributed by atoms with E-state index < -0.39 is 20.7 Å². The lowest BCUT2D eigenvalue weighted by Gasteiger charge is -2.05. The van der Waals surface area contributed by atoms with E-state index in [0.29, 0.717) is 28.5 Å². The normalized spacial score (nSPS) is 12.4. The number of rotatable bonds is 9. The summed E-state index contributed by atoms with van der Waals surface area (Å²) in [7, 11) is -2.01. The Morgan fingerprint density at radius 1 is 1.25 bits per heavy atom. The molecule has 0 radical (unpaired) electrons. The monoisotopic (exact) mass is 497 g/mol. The molecule has 3 aromatic rings. The molecule has 0 fully saturated rings. The summed E-state index contributed by atoms with van der Waals surface area (Å²) in [4.78, 5) is 27.7. The summed E-state index contributed by atoms with van der Waals surface area (Å²) in [5, 5.41) is 11.6. The number of non-ortho nitro benzene ring substituents is 1. The zero-order chi connectivity index (χ0) is 23.3. The van der Waals surface area contributed by atoms with Gasteiger partial charge in [-0.25, -0.2) is 8.42 Å². The van der Waals surface area contributed by atoms with Gasteiger partial charge in [0.1, 0.15) is 0 Å². The summed E-state index contributed by atoms with van der Waals surface area (Å²) < 4.78 is 32.3. The first-order chi connectivity index (χ1) is 15.2. The fourth-order valence-corrected chi connectivity index (χ4v) is 5.48. The highest BCUT2D eigenvalue weighted by Crippen LogP contribution is 2.23. The number of amides is 1. The fraction of sp³-hybridized carbons (Fsp3) is 0.300. The van der Waals surface area contributed by atoms with Gasteiger partial charge in [0.2, 0.25) is 5.91 Å². The summed E-state index contributed by atoms with van der Waals surface area (Å²) >= 11 is 7.02. The molecule has 0 spiro atoms. The number of halogens is 1. The molecule has 2 aromatic carbocycles. The Bertz CT molecular complexity index is 1310. The van der Waals surface area contributed by atoms with Crippen LogP contribution in [-0.2, 0) is 25.9 Å². The molecule has 0 N–H and O–H groups in total. The van der Waals surface area contributed by atoms with Gasteiger partial charge in [-0.15, -0.1) is 0 Å². The van der Waals surface area contributed by atoms with E-state index in [2.05, 4.69) is 4.99 Å². The van der Waals surface area contributed by atoms with Crippen LogP contribution < -0.4 is 4.80 Å². The quantitative estimate of drug-likeness (QED) is 0.329. The summed E-state index contributed by atoms with van der Waals surface area (Å²) in [6.07, 6.45) is 0.0627. The number of nitro groups is 1. The fourth-order valence-electron chi connectivity index (χ4n) is 2.99. The van der Waals surface area contributed by atoms with Gasteiger partial charge in [0.25, 0.3) is 5.69 Å². The molecule has 3 rings (SSSR count). The van der Waals surface area contributed by atoms with Crippen molar-refractivity contribution in [3.63, 3.8) is 0 Å². The summed E-state index contributed by atoms with van der Waals surface area (Å²) in [6, 6.07) is 10.3. The Balaban J connectivity index is 1.79. The third-order valence-corrected chi connectivity index (χ3v) is 7.72. The number of methoxy groups -OCH3 is 1. The van der Waals surface area contributed by atoms with Crippen LogP contribution in [0.15, 0.2) is 52.4 Å². The Morgan fingerprint density at radius 2 is 1.97 bits per heavy atom. The zero-order valence-corrected chi connectivity index (χ0v) is 19.5. The van der Waals surface area contributed by atoms with Crippen LogP contribution in [0.3, 0.4) is 0 Å². The third kappa shape index (κ3) is 5.80. The number of hydrogen-bond donors (Lipinski definition) is 0. The third-order valence-electron chi connectivity index (χ3n) is 4.59. The van der Waals surface area contributed by atoms with E-state index in [0.717, 1.165) is 4.70 Å². The molecule has 12 heteroatoms. The van der Waals surface area contributed by atoms with E-state index in [1.165, 1.54) is 54.8 Å². The lowest BCUT2D eigenvalue weighted by Crippen LogP contribution is -2.19. The largest absolute Gasteiger partial charge is 0.383 e. The molecule has 0 aliphatic heterocycles. The molecule has 0 saturated carbocycles. The minimum Gasteiger partial charge on any atom is -0.383 e. The smallest absolute Gasteiger partial charge is 0.271 e. The minimum absolute atomic E-state index is 0.0501. The van der Waals surface area contributed by atoms with Crippen molar-refractivity contribution in [3.05, 3.63) is 62.4 Å². The number of sulfone groups is 1. The van der Waals surface area contributed by atoms with Gasteiger partial charge in [-0.05, 0) is 36.8 Å². The highest BCUT2D eigenvalue weighted by Gasteiger charge is 2.16. The van der Waals surface area contributed by atoms with E-state index in [1.807, 2.05) is 0 Å². The maximum atomic E-state index is 12.4. The lowest BCUT2D eigenvalue weighted by atomic mass is 10.3. The van der Waals surface area contributed by atoms with Gasteiger partial charge in [0.15, 0.2) is 14.6 Å². The SMILES string of the molecule is COCCn1c(=NC(=O)CCCS(=O)(=O)c2ccc(Cl)cc2)sc2ccc([N+](=O)[O-])cc21. The first-order valence-corrected chi connectivity index (χ1v) is 12.4. The molecule has 0 saturated heterocycles. The second-order valence-electron chi connectivity index (χ2n) is 6.82. The van der Waals surface area contributed by atoms with Crippen molar-refractivity contribution in [1.82, 2.24) is 4.57 Å². The van der Waals surface area contributed by atoms with Crippen molar-refractivity contribution < 1.29 is 22.9 Å². The molecule has 170 valence electrons. The molecule has 1 amide bonds. The topological polar surface area (TPSA) is 121 Å². The second kappa shape index (κ2) is 10.3. The van der Waals surface area contributed by atoms with Gasteiger partial charge in [0.05, 0.1) is 32.4 Å². The van der Waals surface area contributed by atoms with Gasteiger partial charge in [0, 0.05) is 37.2 Å². The minimum atomic E-state index is -3.53. The number of nitro benzene ring substituents is 1. The molecular formula is C20H20ClN3O6S2. The number of fused-ring (bicyclic) bond motifs is 1. The van der Waals surface area contributed by atoms with Gasteiger partial charge < -0.3 is 9.30 Å². The van der Waals surface area contributed by atoms with Crippen LogP contribution in [0.4, 0.5) is 5.69 Å². The zero-order valence-electron chi connectivity index (χ0n) is 17.1. The molecule has 0 unspecified atom stereocenters. The van der Waals surface area contributed by atoms with Crippen molar-refractivity contribution >= 4 is 54.6 Å². The number of benzene rings is 2. The molecular weight excluding hydrogens is 478 g/mol. The van der Waals surface area contributed by atoms with Crippen molar-refractivity contribution in [3.8, 4) is 0 Å². The number of ether oxygens (including phenoxy) is 1. The van der Waals surface area contributed by atoms with E-state index in [-0.39, 0.29) is 29.2 Å². The van der Waals surface area contributed by atoms with E-state index in [9.17, 15) is 23.3 Å². The van der Waals surface area contributed by atoms with Gasteiger partial charge >= 0.3 is 0 Å². The van der Waals surface area contributed by atoms with Crippen molar-refractivity contribution in [2.45, 2.75) is 24.3 Å². The highest BCUT2D eigenvalue weighted by molar-refractivity contribution is 7.91. The van der Waals surface area contributed by atoms with Crippen LogP contribution in [0.2, 0.25) is 5.02 Å². The van der Waals surface area contributed by atoms with Crippen LogP contribution in [0, 0.1) is 10.1 Å². The Morgan fingerprint density at radius 3 is 2.62 bits per heavy atom. The summed E-state index contributed by atoms with van der Waals surface area (Å²) in [5.41, 5.74) is 0.518. The maximum Gasteiger partial charge on any atom is 0.271 e. The number of hydrogen-bond acceptors (Lipinski definition) is 7. The molecule has 0 aliphatic rings. The van der Waals surface area contributed by atoms with Crippen molar-refractivity contribution in [2.24, 2.45) is 4.99 Å². The molecule has 0 atom stereocenters. The number of carbonyl (C=O) groups excluding carboxylic acids is 1. The van der Waals surface area contributed by atoms with Crippen molar-refractivity contribution in [1.29, 1.82) is 0 Å². The predicted molar refractivity (Wildman–Crippen MR) is 122 cm³/mol. The number of thiazole rings is 1. The Hall–Kier alpha value is -2.60. The first kappa shape index (κ1) is 24.1. The van der Waals surface area contributed by atoms with Crippen LogP contribution in [0.25, 0.3) is 10.2 Å². The Kier molecular flexibility index (Phi) is 7.77. The average Bonchev–Trinajstić information content (AvgIpc) is 3.08. The van der Waals surface area contributed by atoms with Gasteiger partial charge in [-0.2, -0.15) is 4.99 Å². The maximum absolute atomic E-state index is 12.4. The number of carbonyl (C=O) groups is 1. The van der Waals surface area contributed by atoms with Crippen LogP contribution >= 0.6 is 22.9 Å². The van der Waals surface area contributed by atoms with Crippen LogP contribution in [-0.4, -0.2) is 43.3 Å². The predicted octanol–water partition coefficient (Wildman–Crippen LogP) is 3.59. The first-order valence-electron chi connectivity index (χ1n) is 9.54. The van der Waals surface area contributed by atoms with E-state index in [4.69, 9.17) is 16.3 Å². The molecule has 0 bridgehead atoms. The van der Waals surface area contributed by atoms with E-state index in [1.54, 1.807) is 10.6 Å². The van der Waals surface area contributed by atoms with Gasteiger partial charge in [-0.3, -0.25) is 14.9 Å². The van der Waals surface area contributed by atoms with Crippen molar-refractivity contribution in [2.75, 3.05) is 19.5 Å². The van der Waals surface area contributed by atoms with Crippen LogP contribution in [0.1, 0.15) is 12.8 Å². The second-order valence-corrected chi connectivity index (χ2v) is 10.4. The molecule has 9 nitrogen and oxygen atoms in total. The van der Waals surface area contributed by atoms with Gasteiger partial charge in [-0.1, -0.05) is 22.9 Å². The average molecular weight is 498 g/mol. The molecule has 1 heterocycles. The highest BCUT2D eigenvalue weighted by atomic mass is 35.5. The lowest BCUT2D eigenvalue weighted by molar-refractivity contribution is -0.384.